The fourth-order valence-electron chi connectivity index (χ4n) is 10.0. The van der Waals surface area contributed by atoms with Gasteiger partial charge in [-0.05, 0) is 67.8 Å². The number of Topliss-reactive ketones (excluding diaryl/α,β-unsaturated/α-hetero) is 1. The predicted octanol–water partition coefficient (Wildman–Crippen LogP) is 5.16. The Morgan fingerprint density at radius 1 is 1.00 bits per heavy atom. The first-order chi connectivity index (χ1) is 16.9. The lowest BCUT2D eigenvalue weighted by atomic mass is 9.33. The maximum atomic E-state index is 14.4. The van der Waals surface area contributed by atoms with Crippen molar-refractivity contribution < 1.29 is 19.5 Å². The van der Waals surface area contributed by atoms with Crippen LogP contribution in [-0.4, -0.2) is 28.2 Å². The summed E-state index contributed by atoms with van der Waals surface area (Å²) >= 11 is 0. The average Bonchev–Trinajstić information content (AvgIpc) is 2.80. The molecule has 3 fully saturated rings. The first-order valence-electron chi connectivity index (χ1n) is 13.8. The highest BCUT2D eigenvalue weighted by molar-refractivity contribution is 6.04. The zero-order valence-electron chi connectivity index (χ0n) is 23.5. The molecule has 5 rings (SSSR count). The zero-order valence-corrected chi connectivity index (χ0v) is 23.5. The van der Waals surface area contributed by atoms with E-state index >= 15 is 0 Å². The highest BCUT2D eigenvalue weighted by atomic mass is 16.3. The monoisotopic (exact) mass is 506 g/mol. The smallest absolute Gasteiger partial charge is 0.226 e. The third-order valence-electron chi connectivity index (χ3n) is 12.5. The van der Waals surface area contributed by atoms with Crippen LogP contribution in [0.4, 0.5) is 0 Å². The normalized spacial score (nSPS) is 47.8. The maximum Gasteiger partial charge on any atom is 0.226 e. The molecule has 5 aliphatic carbocycles. The van der Waals surface area contributed by atoms with Gasteiger partial charge >= 0.3 is 0 Å². The molecular weight excluding hydrogens is 464 g/mol. The molecule has 6 heteroatoms. The average molecular weight is 507 g/mol. The van der Waals surface area contributed by atoms with Crippen molar-refractivity contribution in [3.63, 3.8) is 0 Å². The Bertz CT molecular complexity index is 1240. The molecule has 0 aromatic carbocycles. The minimum absolute atomic E-state index is 0.0539. The Hall–Kier alpha value is -2.26. The number of amides is 1. The van der Waals surface area contributed by atoms with Crippen LogP contribution < -0.4 is 5.73 Å². The Morgan fingerprint density at radius 2 is 1.62 bits per heavy atom. The molecule has 0 aliphatic heterocycles. The lowest BCUT2D eigenvalue weighted by Gasteiger charge is -2.71. The van der Waals surface area contributed by atoms with Crippen molar-refractivity contribution in [3.05, 3.63) is 34.8 Å². The standard InChI is InChI=1S/C31H42N2O4/c1-25(2)11-13-30(24(32)36)14-12-29(7)28(6)10-9-19-26(3,4)23(35)18(33-8)16-27(19,5)20(28)15-22(34)31(29,37)21(30)17-25/h15-16,19,21,37H,9-14,17H2,1-7H3,(H2,32,36)/t19-,21+,27-,28+,29-,30-,31+/m0/s1. The van der Waals surface area contributed by atoms with Crippen LogP contribution in [0, 0.1) is 50.9 Å². The van der Waals surface area contributed by atoms with E-state index in [1.54, 1.807) is 6.08 Å². The number of nitrogens with two attached hydrogens (primary N) is 1. The Balaban J connectivity index is 1.76. The molecule has 3 N–H and O–H groups in total. The highest BCUT2D eigenvalue weighted by Gasteiger charge is 2.76. The summed E-state index contributed by atoms with van der Waals surface area (Å²) in [6.07, 6.45) is 8.00. The maximum absolute atomic E-state index is 14.4. The number of ketones is 2. The molecule has 5 aliphatic rings. The van der Waals surface area contributed by atoms with E-state index in [4.69, 9.17) is 12.3 Å². The van der Waals surface area contributed by atoms with Gasteiger partial charge in [0.1, 0.15) is 5.60 Å². The number of fused-ring (bicyclic) bond motifs is 7. The van der Waals surface area contributed by atoms with E-state index in [1.165, 1.54) is 0 Å². The number of aliphatic hydroxyl groups is 1. The van der Waals surface area contributed by atoms with Crippen molar-refractivity contribution in [1.82, 2.24) is 0 Å². The number of hydrogen-bond donors (Lipinski definition) is 2. The number of primary amides is 1. The third-order valence-corrected chi connectivity index (χ3v) is 12.5. The fraction of sp³-hybridized carbons (Fsp3) is 0.742. The van der Waals surface area contributed by atoms with Gasteiger partial charge in [0.2, 0.25) is 11.6 Å². The van der Waals surface area contributed by atoms with Crippen molar-refractivity contribution in [2.24, 2.45) is 50.1 Å². The van der Waals surface area contributed by atoms with Crippen molar-refractivity contribution in [2.45, 2.75) is 99.0 Å². The molecule has 0 saturated heterocycles. The molecule has 0 bridgehead atoms. The lowest BCUT2D eigenvalue weighted by Crippen LogP contribution is -2.75. The second-order valence-corrected chi connectivity index (χ2v) is 14.9. The highest BCUT2D eigenvalue weighted by Crippen LogP contribution is 2.75. The molecule has 0 aromatic heterocycles. The van der Waals surface area contributed by atoms with Crippen molar-refractivity contribution in [2.75, 3.05) is 0 Å². The number of carbonyl (C=O) groups is 3. The van der Waals surface area contributed by atoms with Gasteiger partial charge in [0.05, 0.1) is 12.0 Å². The van der Waals surface area contributed by atoms with Crippen LogP contribution in [0.15, 0.2) is 23.4 Å². The molecule has 0 aromatic rings. The summed E-state index contributed by atoms with van der Waals surface area (Å²) < 4.78 is 0. The van der Waals surface area contributed by atoms with Crippen LogP contribution in [0.25, 0.3) is 4.85 Å². The summed E-state index contributed by atoms with van der Waals surface area (Å²) in [6.45, 7) is 22.1. The first-order valence-corrected chi connectivity index (χ1v) is 13.8. The van der Waals surface area contributed by atoms with E-state index in [1.807, 2.05) is 26.8 Å². The summed E-state index contributed by atoms with van der Waals surface area (Å²) in [5, 5.41) is 12.8. The van der Waals surface area contributed by atoms with Crippen LogP contribution in [0.3, 0.4) is 0 Å². The van der Waals surface area contributed by atoms with Gasteiger partial charge in [0.25, 0.3) is 0 Å². The summed E-state index contributed by atoms with van der Waals surface area (Å²) in [7, 11) is 0. The lowest BCUT2D eigenvalue weighted by molar-refractivity contribution is -0.242. The van der Waals surface area contributed by atoms with Crippen LogP contribution in [0.5, 0.6) is 0 Å². The molecule has 0 unspecified atom stereocenters. The summed E-state index contributed by atoms with van der Waals surface area (Å²) in [5.41, 5.74) is 1.66. The second-order valence-electron chi connectivity index (χ2n) is 14.9. The van der Waals surface area contributed by atoms with Crippen LogP contribution in [-0.2, 0) is 14.4 Å². The molecule has 3 saturated carbocycles. The quantitative estimate of drug-likeness (QED) is 0.480. The number of allylic oxidation sites excluding steroid dienone is 3. The molecule has 7 atom stereocenters. The Kier molecular flexibility index (Phi) is 5.15. The predicted molar refractivity (Wildman–Crippen MR) is 141 cm³/mol. The van der Waals surface area contributed by atoms with Crippen molar-refractivity contribution >= 4 is 17.5 Å². The first kappa shape index (κ1) is 26.4. The van der Waals surface area contributed by atoms with Gasteiger partial charge in [-0.1, -0.05) is 60.1 Å². The largest absolute Gasteiger partial charge is 0.381 e. The van der Waals surface area contributed by atoms with Crippen molar-refractivity contribution in [3.8, 4) is 0 Å². The van der Waals surface area contributed by atoms with Gasteiger partial charge < -0.3 is 15.6 Å². The molecule has 200 valence electrons. The van der Waals surface area contributed by atoms with Gasteiger partial charge in [-0.25, -0.2) is 4.85 Å². The number of rotatable bonds is 1. The molecule has 37 heavy (non-hydrogen) atoms. The zero-order chi connectivity index (χ0) is 27.6. The van der Waals surface area contributed by atoms with Crippen LogP contribution >= 0.6 is 0 Å². The summed E-state index contributed by atoms with van der Waals surface area (Å²) in [6, 6.07) is 0. The second kappa shape index (κ2) is 7.23. The third kappa shape index (κ3) is 2.82. The van der Waals surface area contributed by atoms with Gasteiger partial charge in [-0.3, -0.25) is 9.59 Å². The van der Waals surface area contributed by atoms with E-state index < -0.39 is 44.5 Å². The van der Waals surface area contributed by atoms with E-state index in [0.717, 1.165) is 24.8 Å². The number of hydrogen-bond acceptors (Lipinski definition) is 4. The molecule has 1 amide bonds. The van der Waals surface area contributed by atoms with Crippen molar-refractivity contribution in [1.29, 1.82) is 0 Å². The minimum Gasteiger partial charge on any atom is -0.381 e. The Morgan fingerprint density at radius 3 is 2.22 bits per heavy atom. The van der Waals surface area contributed by atoms with Gasteiger partial charge in [-0.15, -0.1) is 0 Å². The van der Waals surface area contributed by atoms with E-state index in [-0.39, 0.29) is 28.6 Å². The van der Waals surface area contributed by atoms with E-state index in [9.17, 15) is 19.5 Å². The number of nitrogens with zero attached hydrogens (tertiary/aromatic N) is 1. The molecule has 6 nitrogen and oxygen atoms in total. The summed E-state index contributed by atoms with van der Waals surface area (Å²) in [5.74, 6) is -1.48. The van der Waals surface area contributed by atoms with E-state index in [2.05, 4.69) is 32.5 Å². The number of carbonyl (C=O) groups excluding carboxylic acids is 3. The van der Waals surface area contributed by atoms with Crippen LogP contribution in [0.2, 0.25) is 0 Å². The SMILES string of the molecule is [C-]#[N+]C1=C[C@]2(C)C3=CC(=O)[C@]4(O)[C@@H]5CC(C)(C)CC[C@]5(C(N)=O)CC[C@@]4(C)[C@]3(C)CC[C@H]2C(C)(C)C1=O. The Labute approximate surface area is 221 Å². The van der Waals surface area contributed by atoms with Gasteiger partial charge in [0, 0.05) is 22.2 Å². The fourth-order valence-corrected chi connectivity index (χ4v) is 10.0. The van der Waals surface area contributed by atoms with E-state index in [0.29, 0.717) is 25.7 Å². The topological polar surface area (TPSA) is 102 Å². The summed E-state index contributed by atoms with van der Waals surface area (Å²) in [4.78, 5) is 44.2. The van der Waals surface area contributed by atoms with Crippen LogP contribution in [0.1, 0.15) is 93.4 Å². The van der Waals surface area contributed by atoms with Gasteiger partial charge in [0.15, 0.2) is 11.6 Å². The molecular formula is C31H42N2O4. The molecule has 0 radical (unpaired) electrons. The minimum atomic E-state index is -1.72. The molecule has 0 spiro atoms. The van der Waals surface area contributed by atoms with Gasteiger partial charge in [-0.2, -0.15) is 0 Å². The molecule has 0 heterocycles.